The van der Waals surface area contributed by atoms with Gasteiger partial charge in [0.05, 0.1) is 0 Å². The second kappa shape index (κ2) is 3.68. The van der Waals surface area contributed by atoms with Crippen molar-refractivity contribution in [2.75, 3.05) is 0 Å². The summed E-state index contributed by atoms with van der Waals surface area (Å²) >= 11 is 4.64. The number of nitrogens with one attached hydrogen (secondary N) is 1. The third-order valence-corrected chi connectivity index (χ3v) is 1.86. The Labute approximate surface area is 84.2 Å². The summed E-state index contributed by atoms with van der Waals surface area (Å²) in [6, 6.07) is 1.44. The minimum absolute atomic E-state index is 0.0409. The summed E-state index contributed by atoms with van der Waals surface area (Å²) in [6.45, 7) is 3.56. The minimum Gasteiger partial charge on any atom is -0.339 e. The zero-order valence-electron chi connectivity index (χ0n) is 7.64. The number of hydrogen-bond donors (Lipinski definition) is 1. The van der Waals surface area contributed by atoms with E-state index in [9.17, 15) is 13.2 Å². The number of aromatic nitrogens is 2. The van der Waals surface area contributed by atoms with Crippen molar-refractivity contribution in [2.24, 2.45) is 0 Å². The lowest BCUT2D eigenvalue weighted by molar-refractivity contribution is -0.145. The van der Waals surface area contributed by atoms with E-state index in [1.54, 1.807) is 13.8 Å². The number of hydrogen-bond acceptors (Lipinski definition) is 2. The molecule has 14 heavy (non-hydrogen) atoms. The molecule has 0 atom stereocenters. The summed E-state index contributed by atoms with van der Waals surface area (Å²) in [7, 11) is 0. The Morgan fingerprint density at radius 3 is 2.43 bits per heavy atom. The molecule has 0 saturated heterocycles. The molecule has 1 heterocycles. The van der Waals surface area contributed by atoms with Gasteiger partial charge in [-0.25, -0.2) is 4.98 Å². The molecule has 1 aromatic rings. The number of alkyl halides is 3. The average molecular weight is 222 g/mol. The zero-order chi connectivity index (χ0) is 10.9. The summed E-state index contributed by atoms with van der Waals surface area (Å²) in [5.41, 5.74) is 0.442. The van der Waals surface area contributed by atoms with Gasteiger partial charge in [0.25, 0.3) is 0 Å². The molecule has 6 heteroatoms. The van der Waals surface area contributed by atoms with Crippen LogP contribution in [0.15, 0.2) is 6.07 Å². The summed E-state index contributed by atoms with van der Waals surface area (Å²) < 4.78 is 36.8. The molecule has 0 aliphatic rings. The van der Waals surface area contributed by atoms with E-state index in [1.807, 2.05) is 0 Å². The Bertz CT molecular complexity index is 381. The monoisotopic (exact) mass is 222 g/mol. The number of aromatic amines is 1. The van der Waals surface area contributed by atoms with Crippen LogP contribution < -0.4 is 0 Å². The van der Waals surface area contributed by atoms with Crippen molar-refractivity contribution in [1.29, 1.82) is 0 Å². The molecule has 0 bridgehead atoms. The van der Waals surface area contributed by atoms with Crippen LogP contribution in [0, 0.1) is 4.64 Å². The molecule has 0 amide bonds. The Hall–Kier alpha value is -0.910. The van der Waals surface area contributed by atoms with Crippen LogP contribution in [-0.2, 0) is 6.18 Å². The van der Waals surface area contributed by atoms with Crippen LogP contribution in [0.25, 0.3) is 0 Å². The molecule has 0 radical (unpaired) electrons. The van der Waals surface area contributed by atoms with Gasteiger partial charge in [0, 0.05) is 5.69 Å². The van der Waals surface area contributed by atoms with Crippen molar-refractivity contribution in [3.05, 3.63) is 22.2 Å². The average Bonchev–Trinajstić information content (AvgIpc) is 2.01. The predicted octanol–water partition coefficient (Wildman–Crippen LogP) is 3.28. The summed E-state index contributed by atoms with van der Waals surface area (Å²) in [4.78, 5) is 5.44. The molecule has 0 spiro atoms. The quantitative estimate of drug-likeness (QED) is 0.738. The normalized spacial score (nSPS) is 12.1. The SMILES string of the molecule is CC(C)c1cc(=S)nc(C(F)(F)F)[nH]1. The second-order valence-electron chi connectivity index (χ2n) is 3.18. The van der Waals surface area contributed by atoms with E-state index in [1.165, 1.54) is 6.07 Å². The Morgan fingerprint density at radius 2 is 2.00 bits per heavy atom. The van der Waals surface area contributed by atoms with Crippen molar-refractivity contribution >= 4 is 12.2 Å². The third-order valence-electron chi connectivity index (χ3n) is 1.65. The van der Waals surface area contributed by atoms with Gasteiger partial charge in [-0.05, 0) is 12.0 Å². The smallest absolute Gasteiger partial charge is 0.339 e. The van der Waals surface area contributed by atoms with Gasteiger partial charge in [0.1, 0.15) is 4.64 Å². The maximum atomic E-state index is 12.3. The van der Waals surface area contributed by atoms with Gasteiger partial charge in [-0.3, -0.25) is 0 Å². The molecule has 1 aromatic heterocycles. The fourth-order valence-corrected chi connectivity index (χ4v) is 1.14. The van der Waals surface area contributed by atoms with Crippen LogP contribution in [0.5, 0.6) is 0 Å². The lowest BCUT2D eigenvalue weighted by atomic mass is 10.1. The third kappa shape index (κ3) is 2.54. The molecular weight excluding hydrogens is 213 g/mol. The summed E-state index contributed by atoms with van der Waals surface area (Å²) in [6.07, 6.45) is -4.47. The molecule has 1 rings (SSSR count). The first-order valence-electron chi connectivity index (χ1n) is 3.99. The summed E-state index contributed by atoms with van der Waals surface area (Å²) in [5.74, 6) is -1.07. The number of halogens is 3. The van der Waals surface area contributed by atoms with Gasteiger partial charge in [0.15, 0.2) is 0 Å². The molecule has 78 valence electrons. The zero-order valence-corrected chi connectivity index (χ0v) is 8.46. The number of rotatable bonds is 1. The molecule has 2 nitrogen and oxygen atoms in total. The van der Waals surface area contributed by atoms with E-state index in [4.69, 9.17) is 0 Å². The van der Waals surface area contributed by atoms with Crippen molar-refractivity contribution < 1.29 is 13.2 Å². The van der Waals surface area contributed by atoms with Gasteiger partial charge >= 0.3 is 6.18 Å². The highest BCUT2D eigenvalue weighted by atomic mass is 32.1. The van der Waals surface area contributed by atoms with Gasteiger partial charge in [-0.2, -0.15) is 13.2 Å². The maximum absolute atomic E-state index is 12.3. The molecule has 0 aromatic carbocycles. The molecule has 0 aliphatic heterocycles. The van der Waals surface area contributed by atoms with Gasteiger partial charge < -0.3 is 4.98 Å². The predicted molar refractivity (Wildman–Crippen MR) is 48.5 cm³/mol. The number of H-pyrrole nitrogens is 1. The fourth-order valence-electron chi connectivity index (χ4n) is 0.922. The fraction of sp³-hybridized carbons (Fsp3) is 0.500. The molecule has 0 aliphatic carbocycles. The topological polar surface area (TPSA) is 28.7 Å². The van der Waals surface area contributed by atoms with Crippen LogP contribution in [0.2, 0.25) is 0 Å². The van der Waals surface area contributed by atoms with E-state index in [2.05, 4.69) is 22.2 Å². The highest BCUT2D eigenvalue weighted by Crippen LogP contribution is 2.26. The van der Waals surface area contributed by atoms with Crippen LogP contribution in [0.3, 0.4) is 0 Å². The minimum atomic E-state index is -4.47. The molecule has 0 unspecified atom stereocenters. The van der Waals surface area contributed by atoms with Crippen molar-refractivity contribution in [1.82, 2.24) is 9.97 Å². The van der Waals surface area contributed by atoms with Crippen LogP contribution in [-0.4, -0.2) is 9.97 Å². The maximum Gasteiger partial charge on any atom is 0.449 e. The van der Waals surface area contributed by atoms with Crippen molar-refractivity contribution in [3.8, 4) is 0 Å². The van der Waals surface area contributed by atoms with E-state index in [0.717, 1.165) is 0 Å². The molecule has 0 fully saturated rings. The van der Waals surface area contributed by atoms with Crippen LogP contribution in [0.4, 0.5) is 13.2 Å². The van der Waals surface area contributed by atoms with Crippen molar-refractivity contribution in [2.45, 2.75) is 25.9 Å². The Morgan fingerprint density at radius 1 is 1.43 bits per heavy atom. The first kappa shape index (κ1) is 11.2. The largest absolute Gasteiger partial charge is 0.449 e. The lowest BCUT2D eigenvalue weighted by Gasteiger charge is -2.10. The van der Waals surface area contributed by atoms with Crippen LogP contribution >= 0.6 is 12.2 Å². The molecular formula is C8H9F3N2S. The first-order chi connectivity index (χ1) is 6.30. The van der Waals surface area contributed by atoms with E-state index in [0.29, 0.717) is 5.69 Å². The molecule has 0 saturated carbocycles. The van der Waals surface area contributed by atoms with E-state index < -0.39 is 12.0 Å². The van der Waals surface area contributed by atoms with Gasteiger partial charge in [0.2, 0.25) is 5.82 Å². The number of nitrogens with zero attached hydrogens (tertiary/aromatic N) is 1. The lowest BCUT2D eigenvalue weighted by Crippen LogP contribution is -2.13. The van der Waals surface area contributed by atoms with Crippen molar-refractivity contribution in [3.63, 3.8) is 0 Å². The Balaban J connectivity index is 3.28. The standard InChI is InChI=1S/C8H9F3N2S/c1-4(2)5-3-6(14)13-7(12-5)8(9,10)11/h3-4H,1-2H3,(H,12,13,14). The highest BCUT2D eigenvalue weighted by Gasteiger charge is 2.34. The Kier molecular flexibility index (Phi) is 2.94. The van der Waals surface area contributed by atoms with Gasteiger partial charge in [-0.15, -0.1) is 0 Å². The highest BCUT2D eigenvalue weighted by molar-refractivity contribution is 7.71. The first-order valence-corrected chi connectivity index (χ1v) is 4.40. The van der Waals surface area contributed by atoms with Gasteiger partial charge in [-0.1, -0.05) is 26.1 Å². The second-order valence-corrected chi connectivity index (χ2v) is 3.59. The summed E-state index contributed by atoms with van der Waals surface area (Å²) in [5, 5.41) is 0. The van der Waals surface area contributed by atoms with E-state index in [-0.39, 0.29) is 10.6 Å². The van der Waals surface area contributed by atoms with Crippen LogP contribution in [0.1, 0.15) is 31.3 Å². The van der Waals surface area contributed by atoms with E-state index >= 15 is 0 Å². The molecule has 1 N–H and O–H groups in total.